The van der Waals surface area contributed by atoms with Gasteiger partial charge in [0.15, 0.2) is 0 Å². The van der Waals surface area contributed by atoms with Crippen molar-refractivity contribution in [1.29, 1.82) is 0 Å². The van der Waals surface area contributed by atoms with Crippen LogP contribution in [-0.2, 0) is 4.79 Å². The fourth-order valence-corrected chi connectivity index (χ4v) is 2.22. The Morgan fingerprint density at radius 1 is 1.44 bits per heavy atom. The summed E-state index contributed by atoms with van der Waals surface area (Å²) < 4.78 is 0. The summed E-state index contributed by atoms with van der Waals surface area (Å²) in [5.41, 5.74) is 0.533. The lowest BCUT2D eigenvalue weighted by Crippen LogP contribution is -2.32. The lowest BCUT2D eigenvalue weighted by atomic mass is 9.98. The monoisotopic (exact) mass is 291 g/mol. The Morgan fingerprint density at radius 3 is 2.61 bits per heavy atom. The molecular weight excluding hydrogens is 277 g/mol. The predicted molar refractivity (Wildman–Crippen MR) is 71.1 cm³/mol. The predicted octanol–water partition coefficient (Wildman–Crippen LogP) is 2.48. The van der Waals surface area contributed by atoms with Crippen molar-refractivity contribution in [2.45, 2.75) is 25.0 Å². The molecule has 0 fully saturated rings. The first-order chi connectivity index (χ1) is 8.45. The molecule has 100 valence electrons. The van der Waals surface area contributed by atoms with Crippen molar-refractivity contribution in [3.63, 3.8) is 0 Å². The van der Waals surface area contributed by atoms with E-state index in [2.05, 4.69) is 5.32 Å². The van der Waals surface area contributed by atoms with Crippen molar-refractivity contribution >= 4 is 29.2 Å². The number of carboxylic acids is 1. The number of nitrogens with one attached hydrogen (secondary N) is 1. The molecule has 0 aliphatic carbocycles. The van der Waals surface area contributed by atoms with Crippen LogP contribution < -0.4 is 5.32 Å². The number of carbonyl (C=O) groups is 1. The van der Waals surface area contributed by atoms with E-state index < -0.39 is 12.1 Å². The van der Waals surface area contributed by atoms with E-state index in [-0.39, 0.29) is 12.5 Å². The summed E-state index contributed by atoms with van der Waals surface area (Å²) in [7, 11) is 1.67. The fourth-order valence-electron chi connectivity index (χ4n) is 1.70. The molecule has 6 heteroatoms. The van der Waals surface area contributed by atoms with Gasteiger partial charge in [0.05, 0.1) is 6.10 Å². The summed E-state index contributed by atoms with van der Waals surface area (Å²) in [6, 6.07) is 4.45. The van der Waals surface area contributed by atoms with Crippen molar-refractivity contribution in [3.05, 3.63) is 33.8 Å². The molecule has 3 N–H and O–H groups in total. The zero-order valence-electron chi connectivity index (χ0n) is 9.86. The largest absolute Gasteiger partial charge is 0.481 e. The van der Waals surface area contributed by atoms with Gasteiger partial charge in [-0.2, -0.15) is 0 Å². The maximum Gasteiger partial charge on any atom is 0.303 e. The van der Waals surface area contributed by atoms with Crippen LogP contribution in [0.4, 0.5) is 0 Å². The summed E-state index contributed by atoms with van der Waals surface area (Å²) in [4.78, 5) is 10.5. The summed E-state index contributed by atoms with van der Waals surface area (Å²) in [6.07, 6.45) is -0.584. The third-order valence-electron chi connectivity index (χ3n) is 2.70. The SMILES string of the molecule is CNC(CCC(=O)O)C(O)c1ccc(Cl)cc1Cl. The third kappa shape index (κ3) is 4.14. The maximum absolute atomic E-state index is 10.5. The van der Waals surface area contributed by atoms with Crippen molar-refractivity contribution in [1.82, 2.24) is 5.32 Å². The number of rotatable bonds is 6. The molecule has 0 saturated carbocycles. The van der Waals surface area contributed by atoms with Crippen LogP contribution in [0.15, 0.2) is 18.2 Å². The van der Waals surface area contributed by atoms with Gasteiger partial charge in [-0.05, 0) is 25.6 Å². The highest BCUT2D eigenvalue weighted by atomic mass is 35.5. The van der Waals surface area contributed by atoms with Gasteiger partial charge < -0.3 is 15.5 Å². The highest BCUT2D eigenvalue weighted by Crippen LogP contribution is 2.29. The lowest BCUT2D eigenvalue weighted by Gasteiger charge is -2.23. The van der Waals surface area contributed by atoms with Gasteiger partial charge in [0.2, 0.25) is 0 Å². The minimum Gasteiger partial charge on any atom is -0.481 e. The van der Waals surface area contributed by atoms with Gasteiger partial charge in [0.1, 0.15) is 0 Å². The number of aliphatic hydroxyl groups is 1. The summed E-state index contributed by atoms with van der Waals surface area (Å²) in [5, 5.41) is 22.6. The Hall–Kier alpha value is -0.810. The molecule has 0 bridgehead atoms. The van der Waals surface area contributed by atoms with Crippen LogP contribution in [0.2, 0.25) is 10.0 Å². The van der Waals surface area contributed by atoms with Gasteiger partial charge >= 0.3 is 5.97 Å². The molecule has 0 heterocycles. The zero-order valence-corrected chi connectivity index (χ0v) is 11.4. The van der Waals surface area contributed by atoms with Gasteiger partial charge in [-0.1, -0.05) is 29.3 Å². The number of aliphatic carboxylic acids is 1. The smallest absolute Gasteiger partial charge is 0.303 e. The van der Waals surface area contributed by atoms with Crippen molar-refractivity contribution < 1.29 is 15.0 Å². The Labute approximate surface area is 116 Å². The van der Waals surface area contributed by atoms with E-state index in [0.29, 0.717) is 22.0 Å². The second kappa shape index (κ2) is 6.95. The number of benzene rings is 1. The van der Waals surface area contributed by atoms with Gasteiger partial charge in [0, 0.05) is 28.1 Å². The van der Waals surface area contributed by atoms with Crippen LogP contribution in [0, 0.1) is 0 Å². The minimum atomic E-state index is -0.898. The third-order valence-corrected chi connectivity index (χ3v) is 3.26. The second-order valence-electron chi connectivity index (χ2n) is 3.94. The molecule has 2 atom stereocenters. The molecule has 1 rings (SSSR count). The summed E-state index contributed by atoms with van der Waals surface area (Å²) >= 11 is 11.8. The molecule has 1 aromatic carbocycles. The van der Waals surface area contributed by atoms with E-state index >= 15 is 0 Å². The molecule has 0 aromatic heterocycles. The highest BCUT2D eigenvalue weighted by molar-refractivity contribution is 6.35. The first-order valence-electron chi connectivity index (χ1n) is 5.47. The standard InChI is InChI=1S/C12H15Cl2NO3/c1-15-10(4-5-11(16)17)12(18)8-3-2-7(13)6-9(8)14/h2-3,6,10,12,15,18H,4-5H2,1H3,(H,16,17). The minimum absolute atomic E-state index is 0.0201. The Bertz CT molecular complexity index is 426. The molecular formula is C12H15Cl2NO3. The van der Waals surface area contributed by atoms with Crippen LogP contribution in [-0.4, -0.2) is 29.3 Å². The van der Waals surface area contributed by atoms with E-state index in [1.54, 1.807) is 25.2 Å². The average Bonchev–Trinajstić information content (AvgIpc) is 2.29. The average molecular weight is 292 g/mol. The van der Waals surface area contributed by atoms with Crippen LogP contribution >= 0.6 is 23.2 Å². The van der Waals surface area contributed by atoms with Crippen LogP contribution in [0.3, 0.4) is 0 Å². The van der Waals surface area contributed by atoms with E-state index in [1.165, 1.54) is 0 Å². The summed E-state index contributed by atoms with van der Waals surface area (Å²) in [6.45, 7) is 0. The molecule has 2 unspecified atom stereocenters. The van der Waals surface area contributed by atoms with Crippen LogP contribution in [0.1, 0.15) is 24.5 Å². The van der Waals surface area contributed by atoms with Gasteiger partial charge in [-0.3, -0.25) is 4.79 Å². The first-order valence-corrected chi connectivity index (χ1v) is 6.23. The van der Waals surface area contributed by atoms with Crippen LogP contribution in [0.25, 0.3) is 0 Å². The van der Waals surface area contributed by atoms with Crippen molar-refractivity contribution in [3.8, 4) is 0 Å². The molecule has 4 nitrogen and oxygen atoms in total. The van der Waals surface area contributed by atoms with Crippen molar-refractivity contribution in [2.24, 2.45) is 0 Å². The number of aliphatic hydroxyl groups excluding tert-OH is 1. The summed E-state index contributed by atoms with van der Waals surface area (Å²) in [5.74, 6) is -0.898. The Kier molecular flexibility index (Phi) is 5.88. The van der Waals surface area contributed by atoms with Gasteiger partial charge in [0.25, 0.3) is 0 Å². The van der Waals surface area contributed by atoms with Crippen molar-refractivity contribution in [2.75, 3.05) is 7.05 Å². The molecule has 0 aliphatic rings. The fraction of sp³-hybridized carbons (Fsp3) is 0.417. The van der Waals surface area contributed by atoms with Gasteiger partial charge in [-0.25, -0.2) is 0 Å². The second-order valence-corrected chi connectivity index (χ2v) is 4.78. The first kappa shape index (κ1) is 15.2. The molecule has 1 aromatic rings. The quantitative estimate of drug-likeness (QED) is 0.753. The van der Waals surface area contributed by atoms with Gasteiger partial charge in [-0.15, -0.1) is 0 Å². The van der Waals surface area contributed by atoms with E-state index in [0.717, 1.165) is 0 Å². The van der Waals surface area contributed by atoms with E-state index in [9.17, 15) is 9.90 Å². The molecule has 0 aliphatic heterocycles. The molecule has 0 spiro atoms. The molecule has 0 amide bonds. The number of hydrogen-bond donors (Lipinski definition) is 3. The Balaban J connectivity index is 2.82. The highest BCUT2D eigenvalue weighted by Gasteiger charge is 2.22. The number of likely N-dealkylation sites (N-methyl/N-ethyl adjacent to an activating group) is 1. The van der Waals surface area contributed by atoms with E-state index in [4.69, 9.17) is 28.3 Å². The number of halogens is 2. The maximum atomic E-state index is 10.5. The van der Waals surface area contributed by atoms with E-state index in [1.807, 2.05) is 0 Å². The topological polar surface area (TPSA) is 69.6 Å². The lowest BCUT2D eigenvalue weighted by molar-refractivity contribution is -0.137. The zero-order chi connectivity index (χ0) is 13.7. The normalized spacial score (nSPS) is 14.2. The van der Waals surface area contributed by atoms with Crippen LogP contribution in [0.5, 0.6) is 0 Å². The molecule has 18 heavy (non-hydrogen) atoms. The number of hydrogen-bond acceptors (Lipinski definition) is 3. The Morgan fingerprint density at radius 2 is 2.11 bits per heavy atom. The molecule has 0 saturated heterocycles. The number of carboxylic acid groups (broad SMARTS) is 1. The molecule has 0 radical (unpaired) electrons.